The van der Waals surface area contributed by atoms with Crippen LogP contribution in [0.3, 0.4) is 0 Å². The van der Waals surface area contributed by atoms with E-state index in [1.807, 2.05) is 10.5 Å². The number of carbonyl (C=O) groups excluding carboxylic acids is 1. The summed E-state index contributed by atoms with van der Waals surface area (Å²) in [7, 11) is 0. The van der Waals surface area contributed by atoms with Gasteiger partial charge in [-0.2, -0.15) is 0 Å². The van der Waals surface area contributed by atoms with Crippen molar-refractivity contribution in [2.24, 2.45) is 0 Å². The fourth-order valence-corrected chi connectivity index (χ4v) is 4.08. The zero-order valence-electron chi connectivity index (χ0n) is 13.7. The summed E-state index contributed by atoms with van der Waals surface area (Å²) < 4.78 is 7.96. The molecule has 0 radical (unpaired) electrons. The summed E-state index contributed by atoms with van der Waals surface area (Å²) in [6.07, 6.45) is 4.77. The first kappa shape index (κ1) is 17.1. The van der Waals surface area contributed by atoms with Gasteiger partial charge in [0, 0.05) is 18.9 Å². The molecule has 3 aromatic rings. The van der Waals surface area contributed by atoms with Gasteiger partial charge in [-0.05, 0) is 52.5 Å². The van der Waals surface area contributed by atoms with Crippen LogP contribution in [0.1, 0.15) is 30.3 Å². The van der Waals surface area contributed by atoms with Crippen LogP contribution in [0, 0.1) is 12.1 Å². The van der Waals surface area contributed by atoms with E-state index in [2.05, 4.69) is 38.0 Å². The van der Waals surface area contributed by atoms with Crippen LogP contribution in [-0.2, 0) is 11.3 Å². The molecule has 1 saturated heterocycles. The molecule has 1 aliphatic heterocycles. The molecule has 2 aromatic heterocycles. The number of imidazole rings is 1. The maximum Gasteiger partial charge on any atom is 0.410 e. The first-order valence-electron chi connectivity index (χ1n) is 8.13. The van der Waals surface area contributed by atoms with E-state index >= 15 is 0 Å². The summed E-state index contributed by atoms with van der Waals surface area (Å²) in [6, 6.07) is 10.8. The number of hydrogen-bond donors (Lipinski definition) is 0. The van der Waals surface area contributed by atoms with Gasteiger partial charge in [-0.15, -0.1) is 0 Å². The normalized spacial score (nSPS) is 16.7. The van der Waals surface area contributed by atoms with Gasteiger partial charge in [0.25, 0.3) is 0 Å². The number of likely N-dealkylation sites (tertiary alicyclic amines) is 1. The lowest BCUT2D eigenvalue weighted by molar-refractivity contribution is 0.0908. The summed E-state index contributed by atoms with van der Waals surface area (Å²) in [5.41, 5.74) is 1.57. The number of carbonyl (C=O) groups is 1. The van der Waals surface area contributed by atoms with Crippen LogP contribution in [0.5, 0.6) is 0 Å². The molecule has 132 valence electrons. The molecular formula is C18H14BrClN4O2. The second-order valence-corrected chi connectivity index (χ2v) is 7.05. The number of rotatable bonds is 3. The Labute approximate surface area is 163 Å². The van der Waals surface area contributed by atoms with E-state index in [0.717, 1.165) is 24.2 Å². The van der Waals surface area contributed by atoms with Crippen molar-refractivity contribution in [2.75, 3.05) is 6.54 Å². The van der Waals surface area contributed by atoms with Crippen LogP contribution in [0.25, 0.3) is 5.52 Å². The van der Waals surface area contributed by atoms with Crippen LogP contribution < -0.4 is 0 Å². The second-order valence-electron chi connectivity index (χ2n) is 5.94. The van der Waals surface area contributed by atoms with E-state index in [0.29, 0.717) is 21.8 Å². The van der Waals surface area contributed by atoms with Crippen molar-refractivity contribution < 1.29 is 9.53 Å². The molecule has 4 rings (SSSR count). The summed E-state index contributed by atoms with van der Waals surface area (Å²) in [4.78, 5) is 23.0. The Morgan fingerprint density at radius 1 is 1.46 bits per heavy atom. The molecule has 26 heavy (non-hydrogen) atoms. The minimum absolute atomic E-state index is 0.171. The third-order valence-corrected chi connectivity index (χ3v) is 5.19. The highest BCUT2D eigenvalue weighted by atomic mass is 79.9. The lowest BCUT2D eigenvalue weighted by Gasteiger charge is -2.23. The van der Waals surface area contributed by atoms with Gasteiger partial charge in [-0.1, -0.05) is 23.7 Å². The molecule has 0 saturated carbocycles. The molecule has 1 aliphatic rings. The Bertz CT molecular complexity index is 947. The molecule has 0 N–H and O–H groups in total. The molecule has 0 bridgehead atoms. The molecule has 1 fully saturated rings. The van der Waals surface area contributed by atoms with Crippen molar-refractivity contribution in [3.63, 3.8) is 0 Å². The van der Waals surface area contributed by atoms with Crippen molar-refractivity contribution in [1.82, 2.24) is 19.3 Å². The van der Waals surface area contributed by atoms with Crippen LogP contribution >= 0.6 is 27.5 Å². The van der Waals surface area contributed by atoms with Crippen LogP contribution in [0.15, 0.2) is 35.2 Å². The Morgan fingerprint density at radius 3 is 3.15 bits per heavy atom. The first-order valence-corrected chi connectivity index (χ1v) is 9.30. The van der Waals surface area contributed by atoms with Crippen molar-refractivity contribution in [2.45, 2.75) is 25.5 Å². The van der Waals surface area contributed by atoms with Crippen LogP contribution in [0.2, 0.25) is 5.15 Å². The van der Waals surface area contributed by atoms with E-state index < -0.39 is 0 Å². The van der Waals surface area contributed by atoms with Crippen LogP contribution in [0.4, 0.5) is 4.79 Å². The number of amides is 1. The first-order chi connectivity index (χ1) is 12.6. The highest BCUT2D eigenvalue weighted by Crippen LogP contribution is 2.35. The van der Waals surface area contributed by atoms with Crippen molar-refractivity contribution in [3.8, 4) is 0 Å². The third kappa shape index (κ3) is 3.11. The minimum Gasteiger partial charge on any atom is -0.445 e. The largest absolute Gasteiger partial charge is 0.445 e. The third-order valence-electron chi connectivity index (χ3n) is 4.36. The summed E-state index contributed by atoms with van der Waals surface area (Å²) in [5.74, 6) is 0.744. The van der Waals surface area contributed by atoms with Crippen LogP contribution in [-0.4, -0.2) is 31.9 Å². The minimum atomic E-state index is -0.353. The maximum absolute atomic E-state index is 12.6. The quantitative estimate of drug-likeness (QED) is 0.620. The summed E-state index contributed by atoms with van der Waals surface area (Å²) in [5, 5.41) is 0.363. The van der Waals surface area contributed by atoms with E-state index in [9.17, 15) is 4.79 Å². The molecule has 0 spiro atoms. The van der Waals surface area contributed by atoms with Gasteiger partial charge in [0.15, 0.2) is 5.15 Å². The molecule has 1 amide bonds. The predicted octanol–water partition coefficient (Wildman–Crippen LogP) is 4.22. The molecule has 0 aliphatic carbocycles. The highest BCUT2D eigenvalue weighted by Gasteiger charge is 2.34. The average Bonchev–Trinajstić information content (AvgIpc) is 3.26. The number of aromatic nitrogens is 3. The van der Waals surface area contributed by atoms with E-state index in [1.165, 1.54) is 0 Å². The molecule has 3 heterocycles. The zero-order chi connectivity index (χ0) is 18.1. The number of fused-ring (bicyclic) bond motifs is 1. The number of hydrogen-bond acceptors (Lipinski definition) is 4. The fraction of sp³-hybridized carbons (Fsp3) is 0.278. The second kappa shape index (κ2) is 7.14. The number of ether oxygens (including phenoxy) is 1. The van der Waals surface area contributed by atoms with Gasteiger partial charge < -0.3 is 4.74 Å². The van der Waals surface area contributed by atoms with Crippen molar-refractivity contribution in [3.05, 3.63) is 63.9 Å². The summed E-state index contributed by atoms with van der Waals surface area (Å²) >= 11 is 9.62. The van der Waals surface area contributed by atoms with Crippen molar-refractivity contribution in [1.29, 1.82) is 0 Å². The number of nitrogens with zero attached hydrogens (tertiary/aromatic N) is 4. The SMILES string of the molecule is O=C(OCc1cc#ccc1)N1CCC[C@H]1c1nc(Br)c2c(Cl)nccn12. The Balaban J connectivity index is 1.57. The van der Waals surface area contributed by atoms with Gasteiger partial charge in [-0.3, -0.25) is 9.30 Å². The lowest BCUT2D eigenvalue weighted by atomic mass is 10.2. The van der Waals surface area contributed by atoms with Gasteiger partial charge >= 0.3 is 6.09 Å². The molecule has 8 heteroatoms. The summed E-state index contributed by atoms with van der Waals surface area (Å²) in [6.45, 7) is 0.832. The molecule has 6 nitrogen and oxygen atoms in total. The Kier molecular flexibility index (Phi) is 4.70. The van der Waals surface area contributed by atoms with Gasteiger partial charge in [0.05, 0.1) is 6.04 Å². The van der Waals surface area contributed by atoms with Gasteiger partial charge in [0.1, 0.15) is 22.6 Å². The molecular weight excluding hydrogens is 420 g/mol. The molecule has 0 unspecified atom stereocenters. The molecule has 1 atom stereocenters. The molecule has 1 aromatic carbocycles. The smallest absolute Gasteiger partial charge is 0.410 e. The van der Waals surface area contributed by atoms with Gasteiger partial charge in [-0.25, -0.2) is 14.8 Å². The van der Waals surface area contributed by atoms with E-state index in [-0.39, 0.29) is 18.7 Å². The van der Waals surface area contributed by atoms with Gasteiger partial charge in [0.2, 0.25) is 0 Å². The Hall–Kier alpha value is -2.30. The Morgan fingerprint density at radius 2 is 2.35 bits per heavy atom. The highest BCUT2D eigenvalue weighted by molar-refractivity contribution is 9.10. The van der Waals surface area contributed by atoms with E-state index in [4.69, 9.17) is 16.3 Å². The zero-order valence-corrected chi connectivity index (χ0v) is 16.0. The topological polar surface area (TPSA) is 59.7 Å². The van der Waals surface area contributed by atoms with E-state index in [1.54, 1.807) is 29.4 Å². The fourth-order valence-electron chi connectivity index (χ4n) is 3.17. The lowest BCUT2D eigenvalue weighted by Crippen LogP contribution is -2.32. The van der Waals surface area contributed by atoms with Crippen molar-refractivity contribution >= 4 is 39.1 Å². The standard InChI is InChI=1S/C18H14BrClN4O2/c19-15-14-16(20)21-8-10-24(14)17(22-15)13-7-4-9-23(13)18(25)26-11-12-5-2-1-3-6-12/h2,5-6,8,10,13H,4,7,9,11H2/t13-/m0/s1. The predicted molar refractivity (Wildman–Crippen MR) is 98.7 cm³/mol. The number of halogens is 2. The maximum atomic E-state index is 12.6. The average molecular weight is 434 g/mol. The monoisotopic (exact) mass is 432 g/mol.